The fourth-order valence-electron chi connectivity index (χ4n) is 4.32. The van der Waals surface area contributed by atoms with Crippen LogP contribution in [0.1, 0.15) is 43.9 Å². The Kier molecular flexibility index (Phi) is 6.63. The number of halogens is 1. The zero-order valence-electron chi connectivity index (χ0n) is 19.5. The minimum absolute atomic E-state index is 0.117. The van der Waals surface area contributed by atoms with Crippen LogP contribution in [-0.4, -0.2) is 49.0 Å². The largest absolute Gasteiger partial charge is 0.496 e. The van der Waals surface area contributed by atoms with E-state index in [0.29, 0.717) is 51.3 Å². The molecule has 36 heavy (non-hydrogen) atoms. The van der Waals surface area contributed by atoms with Crippen LogP contribution in [0.25, 0.3) is 0 Å². The number of amides is 3. The van der Waals surface area contributed by atoms with Crippen molar-refractivity contribution in [2.75, 3.05) is 25.6 Å². The van der Waals surface area contributed by atoms with Crippen molar-refractivity contribution in [3.8, 4) is 17.2 Å². The van der Waals surface area contributed by atoms with Crippen molar-refractivity contribution >= 4 is 35.0 Å². The van der Waals surface area contributed by atoms with Crippen LogP contribution < -0.4 is 14.8 Å². The molecule has 0 bridgehead atoms. The number of nitrogens with zero attached hydrogens (tertiary/aromatic N) is 1. The molecule has 1 N–H and O–H groups in total. The zero-order valence-corrected chi connectivity index (χ0v) is 20.2. The molecule has 0 aromatic heterocycles. The molecule has 0 saturated carbocycles. The van der Waals surface area contributed by atoms with Gasteiger partial charge in [0.15, 0.2) is 0 Å². The van der Waals surface area contributed by atoms with Crippen molar-refractivity contribution in [1.29, 1.82) is 0 Å². The maximum absolute atomic E-state index is 12.9. The molecule has 1 unspecified atom stereocenters. The number of imide groups is 1. The zero-order chi connectivity index (χ0) is 25.2. The molecule has 3 aromatic carbocycles. The Bertz CT molecular complexity index is 1350. The van der Waals surface area contributed by atoms with Crippen molar-refractivity contribution < 1.29 is 28.6 Å². The van der Waals surface area contributed by atoms with E-state index in [9.17, 15) is 14.4 Å². The molecule has 2 aliphatic heterocycles. The molecule has 1 atom stereocenters. The highest BCUT2D eigenvalue weighted by Gasteiger charge is 2.37. The van der Waals surface area contributed by atoms with E-state index >= 15 is 0 Å². The van der Waals surface area contributed by atoms with Gasteiger partial charge in [0.1, 0.15) is 17.2 Å². The monoisotopic (exact) mass is 506 g/mol. The first kappa shape index (κ1) is 23.8. The molecule has 9 heteroatoms. The lowest BCUT2D eigenvalue weighted by molar-refractivity contribution is 0.0475. The first-order chi connectivity index (χ1) is 17.4. The summed E-state index contributed by atoms with van der Waals surface area (Å²) in [6, 6.07) is 16.4. The van der Waals surface area contributed by atoms with E-state index in [0.717, 1.165) is 12.8 Å². The Labute approximate surface area is 212 Å². The van der Waals surface area contributed by atoms with Gasteiger partial charge in [0, 0.05) is 23.4 Å². The lowest BCUT2D eigenvalue weighted by Gasteiger charge is -2.17. The van der Waals surface area contributed by atoms with Crippen molar-refractivity contribution in [1.82, 2.24) is 4.90 Å². The first-order valence-electron chi connectivity index (χ1n) is 11.5. The molecule has 1 fully saturated rings. The molecule has 3 amide bonds. The van der Waals surface area contributed by atoms with Gasteiger partial charge in [-0.3, -0.25) is 19.3 Å². The summed E-state index contributed by atoms with van der Waals surface area (Å²) in [7, 11) is 1.47. The smallest absolute Gasteiger partial charge is 0.261 e. The molecular formula is C27H23ClN2O6. The Morgan fingerprint density at radius 3 is 2.64 bits per heavy atom. The molecule has 0 spiro atoms. The number of hydrogen-bond donors (Lipinski definition) is 1. The topological polar surface area (TPSA) is 94.2 Å². The number of benzene rings is 3. The molecule has 8 nitrogen and oxygen atoms in total. The van der Waals surface area contributed by atoms with Crippen molar-refractivity contribution in [2.24, 2.45) is 0 Å². The molecule has 1 saturated heterocycles. The summed E-state index contributed by atoms with van der Waals surface area (Å²) >= 11 is 5.98. The highest BCUT2D eigenvalue weighted by Crippen LogP contribution is 2.31. The van der Waals surface area contributed by atoms with E-state index in [-0.39, 0.29) is 30.4 Å². The standard InChI is InChI=1S/C27H23ClN2O6/c1-34-24-12-16(28)7-9-22(24)25(31)29-17-4-2-5-18(13-17)36-19-8-10-21-23(14-19)27(33)30(26(21)32)15-20-6-3-11-35-20/h2,4-5,7-10,12-14,20H,3,6,11,15H2,1H3,(H,29,31). The van der Waals surface area contributed by atoms with Gasteiger partial charge in [0.2, 0.25) is 0 Å². The molecular weight excluding hydrogens is 484 g/mol. The minimum atomic E-state index is -0.367. The molecule has 5 rings (SSSR count). The highest BCUT2D eigenvalue weighted by molar-refractivity contribution is 6.31. The number of carbonyl (C=O) groups excluding carboxylic acids is 3. The number of methoxy groups -OCH3 is 1. The number of nitrogens with one attached hydrogen (secondary N) is 1. The number of fused-ring (bicyclic) bond motifs is 1. The van der Waals surface area contributed by atoms with Crippen LogP contribution in [0.5, 0.6) is 17.2 Å². The third-order valence-corrected chi connectivity index (χ3v) is 6.32. The molecule has 184 valence electrons. The van der Waals surface area contributed by atoms with Crippen molar-refractivity contribution in [3.05, 3.63) is 82.4 Å². The van der Waals surface area contributed by atoms with Gasteiger partial charge in [-0.15, -0.1) is 0 Å². The summed E-state index contributed by atoms with van der Waals surface area (Å²) in [6.07, 6.45) is 1.65. The summed E-state index contributed by atoms with van der Waals surface area (Å²) in [6.45, 7) is 0.904. The van der Waals surface area contributed by atoms with Gasteiger partial charge in [0.05, 0.1) is 36.4 Å². The van der Waals surface area contributed by atoms with Crippen molar-refractivity contribution in [2.45, 2.75) is 18.9 Å². The van der Waals surface area contributed by atoms with Crippen LogP contribution in [0, 0.1) is 0 Å². The third kappa shape index (κ3) is 4.78. The second-order valence-corrected chi connectivity index (χ2v) is 8.93. The Hall–Kier alpha value is -3.88. The minimum Gasteiger partial charge on any atom is -0.496 e. The Morgan fingerprint density at radius 1 is 1.06 bits per heavy atom. The Morgan fingerprint density at radius 2 is 1.86 bits per heavy atom. The number of carbonyl (C=O) groups is 3. The lowest BCUT2D eigenvalue weighted by Crippen LogP contribution is -2.36. The fourth-order valence-corrected chi connectivity index (χ4v) is 4.48. The molecule has 3 aromatic rings. The van der Waals surface area contributed by atoms with E-state index in [1.165, 1.54) is 12.0 Å². The summed E-state index contributed by atoms with van der Waals surface area (Å²) in [5.74, 6) is 0.167. The first-order valence-corrected chi connectivity index (χ1v) is 11.9. The van der Waals surface area contributed by atoms with Gasteiger partial charge < -0.3 is 19.5 Å². The summed E-state index contributed by atoms with van der Waals surface area (Å²) in [4.78, 5) is 39.7. The van der Waals surface area contributed by atoms with Crippen LogP contribution in [0.4, 0.5) is 5.69 Å². The number of ether oxygens (including phenoxy) is 3. The predicted octanol–water partition coefficient (Wildman–Crippen LogP) is 5.17. The van der Waals surface area contributed by atoms with Crippen LogP contribution in [0.2, 0.25) is 5.02 Å². The van der Waals surface area contributed by atoms with E-state index in [2.05, 4.69) is 5.32 Å². The van der Waals surface area contributed by atoms with Crippen LogP contribution in [-0.2, 0) is 4.74 Å². The maximum Gasteiger partial charge on any atom is 0.261 e. The second kappa shape index (κ2) is 10.0. The summed E-state index contributed by atoms with van der Waals surface area (Å²) in [5, 5.41) is 3.28. The van der Waals surface area contributed by atoms with E-state index in [1.807, 2.05) is 0 Å². The van der Waals surface area contributed by atoms with Crippen LogP contribution >= 0.6 is 11.6 Å². The normalized spacial score (nSPS) is 16.7. The average molecular weight is 507 g/mol. The van der Waals surface area contributed by atoms with Gasteiger partial charge in [0.25, 0.3) is 17.7 Å². The molecule has 0 aliphatic carbocycles. The lowest BCUT2D eigenvalue weighted by atomic mass is 10.1. The fraction of sp³-hybridized carbons (Fsp3) is 0.222. The third-order valence-electron chi connectivity index (χ3n) is 6.09. The summed E-state index contributed by atoms with van der Waals surface area (Å²) < 4.78 is 16.8. The quantitative estimate of drug-likeness (QED) is 0.444. The SMILES string of the molecule is COc1cc(Cl)ccc1C(=O)Nc1cccc(Oc2ccc3c(c2)C(=O)N(CC2CCCO2)C3=O)c1. The number of hydrogen-bond acceptors (Lipinski definition) is 6. The van der Waals surface area contributed by atoms with Gasteiger partial charge in [-0.2, -0.15) is 0 Å². The second-order valence-electron chi connectivity index (χ2n) is 8.49. The van der Waals surface area contributed by atoms with E-state index < -0.39 is 0 Å². The van der Waals surface area contributed by atoms with E-state index in [1.54, 1.807) is 60.7 Å². The maximum atomic E-state index is 12.9. The Balaban J connectivity index is 1.30. The van der Waals surface area contributed by atoms with Crippen molar-refractivity contribution in [3.63, 3.8) is 0 Å². The molecule has 2 heterocycles. The van der Waals surface area contributed by atoms with Gasteiger partial charge >= 0.3 is 0 Å². The summed E-state index contributed by atoms with van der Waals surface area (Å²) in [5.41, 5.74) is 1.49. The molecule has 0 radical (unpaired) electrons. The van der Waals surface area contributed by atoms with Crippen LogP contribution in [0.3, 0.4) is 0 Å². The van der Waals surface area contributed by atoms with Gasteiger partial charge in [-0.25, -0.2) is 0 Å². The van der Waals surface area contributed by atoms with Crippen LogP contribution in [0.15, 0.2) is 60.7 Å². The van der Waals surface area contributed by atoms with Gasteiger partial charge in [-0.1, -0.05) is 17.7 Å². The highest BCUT2D eigenvalue weighted by atomic mass is 35.5. The number of rotatable bonds is 7. The number of anilines is 1. The average Bonchev–Trinajstić information content (AvgIpc) is 3.47. The van der Waals surface area contributed by atoms with E-state index in [4.69, 9.17) is 25.8 Å². The molecule has 2 aliphatic rings. The van der Waals surface area contributed by atoms with Gasteiger partial charge in [-0.05, 0) is 61.4 Å². The predicted molar refractivity (Wildman–Crippen MR) is 133 cm³/mol.